The fourth-order valence-corrected chi connectivity index (χ4v) is 2.93. The second kappa shape index (κ2) is 7.61. The van der Waals surface area contributed by atoms with Crippen LogP contribution in [0.5, 0.6) is 5.75 Å². The molecule has 0 fully saturated rings. The number of benzene rings is 2. The first kappa shape index (κ1) is 17.4. The minimum Gasteiger partial charge on any atom is -0.489 e. The molecule has 0 heterocycles. The largest absolute Gasteiger partial charge is 0.489 e. The number of carboxylic acid groups (broad SMARTS) is 1. The molecule has 0 bridgehead atoms. The van der Waals surface area contributed by atoms with Gasteiger partial charge in [0, 0.05) is 5.56 Å². The Morgan fingerprint density at radius 3 is 2.80 bits per heavy atom. The molecule has 0 spiro atoms. The highest BCUT2D eigenvalue weighted by Crippen LogP contribution is 2.27. The second-order valence-electron chi connectivity index (χ2n) is 6.02. The van der Waals surface area contributed by atoms with Crippen LogP contribution in [-0.4, -0.2) is 23.8 Å². The van der Waals surface area contributed by atoms with E-state index >= 15 is 0 Å². The van der Waals surface area contributed by atoms with E-state index in [1.54, 1.807) is 6.07 Å². The van der Waals surface area contributed by atoms with Crippen molar-refractivity contribution in [1.82, 2.24) is 0 Å². The van der Waals surface area contributed by atoms with Crippen LogP contribution in [0.15, 0.2) is 36.4 Å². The highest BCUT2D eigenvalue weighted by Gasteiger charge is 2.20. The summed E-state index contributed by atoms with van der Waals surface area (Å²) in [5.74, 6) is -1.39. The van der Waals surface area contributed by atoms with Gasteiger partial charge in [0.1, 0.15) is 30.6 Å². The van der Waals surface area contributed by atoms with Gasteiger partial charge in [0.15, 0.2) is 0 Å². The Morgan fingerprint density at radius 2 is 2.00 bits per heavy atom. The van der Waals surface area contributed by atoms with Gasteiger partial charge < -0.3 is 14.6 Å². The molecule has 1 aliphatic carbocycles. The van der Waals surface area contributed by atoms with Gasteiger partial charge in [-0.2, -0.15) is 0 Å². The van der Waals surface area contributed by atoms with E-state index in [0.717, 1.165) is 42.2 Å². The van der Waals surface area contributed by atoms with Gasteiger partial charge in [0.05, 0.1) is 6.10 Å². The lowest BCUT2D eigenvalue weighted by molar-refractivity contribution is -0.144. The van der Waals surface area contributed by atoms with Crippen molar-refractivity contribution < 1.29 is 28.2 Å². The first-order valence-corrected chi connectivity index (χ1v) is 8.03. The third-order valence-electron chi connectivity index (χ3n) is 4.21. The number of rotatable bonds is 6. The average Bonchev–Trinajstić information content (AvgIpc) is 2.60. The minimum absolute atomic E-state index is 0.0489. The van der Waals surface area contributed by atoms with Crippen molar-refractivity contribution in [2.75, 3.05) is 6.61 Å². The van der Waals surface area contributed by atoms with E-state index < -0.39 is 17.6 Å². The first-order valence-electron chi connectivity index (χ1n) is 8.03. The number of aryl methyl sites for hydroxylation is 1. The molecular weight excluding hydrogens is 330 g/mol. The number of hydrogen-bond acceptors (Lipinski definition) is 3. The van der Waals surface area contributed by atoms with Gasteiger partial charge in [-0.1, -0.05) is 6.07 Å². The lowest BCUT2D eigenvalue weighted by Crippen LogP contribution is -2.25. The molecule has 0 saturated carbocycles. The Labute approximate surface area is 144 Å². The second-order valence-corrected chi connectivity index (χ2v) is 6.02. The molecule has 1 atom stereocenters. The molecule has 1 unspecified atom stereocenters. The average molecular weight is 348 g/mol. The number of fused-ring (bicyclic) bond motifs is 1. The van der Waals surface area contributed by atoms with Gasteiger partial charge >= 0.3 is 5.97 Å². The molecule has 6 heteroatoms. The zero-order chi connectivity index (χ0) is 17.8. The molecular formula is C19H18F2O4. The van der Waals surface area contributed by atoms with Crippen LogP contribution in [0.2, 0.25) is 0 Å². The van der Waals surface area contributed by atoms with E-state index in [2.05, 4.69) is 0 Å². The molecule has 3 rings (SSSR count). The van der Waals surface area contributed by atoms with Gasteiger partial charge in [-0.05, 0) is 60.7 Å². The molecule has 0 aliphatic heterocycles. The summed E-state index contributed by atoms with van der Waals surface area (Å²) in [5.41, 5.74) is 2.36. The van der Waals surface area contributed by atoms with Crippen molar-refractivity contribution >= 4 is 5.97 Å². The summed E-state index contributed by atoms with van der Waals surface area (Å²) in [5, 5.41) is 8.67. The summed E-state index contributed by atoms with van der Waals surface area (Å²) in [6, 6.07) is 8.84. The summed E-state index contributed by atoms with van der Waals surface area (Å²) in [6.45, 7) is -0.340. The molecule has 1 aliphatic rings. The Hall–Kier alpha value is -2.47. The number of halogens is 2. The number of aliphatic carboxylic acids is 1. The Kier molecular flexibility index (Phi) is 5.28. The summed E-state index contributed by atoms with van der Waals surface area (Å²) in [7, 11) is 0. The van der Waals surface area contributed by atoms with Gasteiger partial charge in [0.25, 0.3) is 0 Å². The Morgan fingerprint density at radius 1 is 1.16 bits per heavy atom. The summed E-state index contributed by atoms with van der Waals surface area (Å²) >= 11 is 0. The van der Waals surface area contributed by atoms with Crippen molar-refractivity contribution in [3.05, 3.63) is 64.7 Å². The minimum atomic E-state index is -0.973. The van der Waals surface area contributed by atoms with Crippen LogP contribution >= 0.6 is 0 Å². The van der Waals surface area contributed by atoms with E-state index in [1.807, 2.05) is 12.1 Å². The lowest BCUT2D eigenvalue weighted by atomic mass is 9.89. The quantitative estimate of drug-likeness (QED) is 0.868. The third kappa shape index (κ3) is 4.54. The van der Waals surface area contributed by atoms with Gasteiger partial charge in [-0.3, -0.25) is 0 Å². The number of carboxylic acids is 1. The maximum atomic E-state index is 13.6. The molecule has 1 N–H and O–H groups in total. The normalized spacial score (nSPS) is 16.3. The van der Waals surface area contributed by atoms with E-state index in [9.17, 15) is 13.6 Å². The first-order chi connectivity index (χ1) is 12.0. The fourth-order valence-electron chi connectivity index (χ4n) is 2.93. The maximum absolute atomic E-state index is 13.6. The monoisotopic (exact) mass is 348 g/mol. The number of hydrogen-bond donors (Lipinski definition) is 1. The zero-order valence-corrected chi connectivity index (χ0v) is 13.5. The molecule has 0 saturated heterocycles. The topological polar surface area (TPSA) is 55.8 Å². The molecule has 2 aromatic carbocycles. The van der Waals surface area contributed by atoms with Crippen LogP contribution in [0.4, 0.5) is 8.78 Å². The van der Waals surface area contributed by atoms with Crippen molar-refractivity contribution in [2.24, 2.45) is 0 Å². The Balaban J connectivity index is 1.62. The Bertz CT molecular complexity index is 776. The standard InChI is InChI=1S/C19H18F2O4/c20-15-3-6-18(21)14(7-15)10-24-16-4-1-13-9-17(25-11-19(22)23)5-2-12(13)8-16/h1,3-4,6-8,17H,2,5,9-11H2,(H,22,23). The molecule has 0 amide bonds. The van der Waals surface area contributed by atoms with Crippen LogP contribution in [-0.2, 0) is 29.0 Å². The van der Waals surface area contributed by atoms with Crippen molar-refractivity contribution in [3.8, 4) is 5.75 Å². The van der Waals surface area contributed by atoms with Crippen LogP contribution in [0.3, 0.4) is 0 Å². The molecule has 0 aromatic heterocycles. The summed E-state index contributed by atoms with van der Waals surface area (Å²) in [6.07, 6.45) is 2.05. The van der Waals surface area contributed by atoms with Crippen LogP contribution < -0.4 is 4.74 Å². The predicted molar refractivity (Wildman–Crippen MR) is 86.5 cm³/mol. The van der Waals surface area contributed by atoms with E-state index in [4.69, 9.17) is 14.6 Å². The number of carbonyl (C=O) groups is 1. The molecule has 2 aromatic rings. The zero-order valence-electron chi connectivity index (χ0n) is 13.5. The van der Waals surface area contributed by atoms with Gasteiger partial charge in [-0.25, -0.2) is 13.6 Å². The van der Waals surface area contributed by atoms with Crippen molar-refractivity contribution in [1.29, 1.82) is 0 Å². The highest BCUT2D eigenvalue weighted by molar-refractivity contribution is 5.68. The van der Waals surface area contributed by atoms with Crippen molar-refractivity contribution in [3.63, 3.8) is 0 Å². The van der Waals surface area contributed by atoms with E-state index in [-0.39, 0.29) is 24.9 Å². The van der Waals surface area contributed by atoms with Gasteiger partial charge in [0.2, 0.25) is 0 Å². The highest BCUT2D eigenvalue weighted by atomic mass is 19.1. The number of ether oxygens (including phenoxy) is 2. The van der Waals surface area contributed by atoms with E-state index in [0.29, 0.717) is 12.2 Å². The summed E-state index contributed by atoms with van der Waals surface area (Å²) < 4.78 is 37.7. The van der Waals surface area contributed by atoms with Crippen LogP contribution in [0.25, 0.3) is 0 Å². The predicted octanol–water partition coefficient (Wildman–Crippen LogP) is 3.50. The molecule has 0 radical (unpaired) electrons. The SMILES string of the molecule is O=C(O)COC1CCc2cc(OCc3cc(F)ccc3F)ccc2C1. The lowest BCUT2D eigenvalue weighted by Gasteiger charge is -2.24. The maximum Gasteiger partial charge on any atom is 0.329 e. The van der Waals surface area contributed by atoms with Gasteiger partial charge in [-0.15, -0.1) is 0 Å². The third-order valence-corrected chi connectivity index (χ3v) is 4.21. The molecule has 25 heavy (non-hydrogen) atoms. The molecule has 132 valence electrons. The van der Waals surface area contributed by atoms with Crippen molar-refractivity contribution in [2.45, 2.75) is 32.0 Å². The van der Waals surface area contributed by atoms with Crippen LogP contribution in [0.1, 0.15) is 23.1 Å². The molecule has 4 nitrogen and oxygen atoms in total. The van der Waals surface area contributed by atoms with E-state index in [1.165, 1.54) is 0 Å². The van der Waals surface area contributed by atoms with Crippen LogP contribution in [0, 0.1) is 11.6 Å². The summed E-state index contributed by atoms with van der Waals surface area (Å²) in [4.78, 5) is 10.6. The fraction of sp³-hybridized carbons (Fsp3) is 0.316. The smallest absolute Gasteiger partial charge is 0.329 e.